The lowest BCUT2D eigenvalue weighted by Gasteiger charge is -2.13. The van der Waals surface area contributed by atoms with Gasteiger partial charge in [0.25, 0.3) is 5.91 Å². The standard InChI is InChI=1S/C16H21ClN4O/c1-11(2)8-20-16(22)12-6-4-5-7-13(12)18-10-15-19-9-14(17)21(15)3/h4-7,9,11,18H,8,10H2,1-3H3,(H,20,22). The van der Waals surface area contributed by atoms with Crippen molar-refractivity contribution in [2.45, 2.75) is 20.4 Å². The number of anilines is 1. The van der Waals surface area contributed by atoms with Crippen molar-refractivity contribution in [1.82, 2.24) is 14.9 Å². The Morgan fingerprint density at radius 3 is 2.73 bits per heavy atom. The van der Waals surface area contributed by atoms with E-state index in [1.54, 1.807) is 10.8 Å². The van der Waals surface area contributed by atoms with Crippen LogP contribution < -0.4 is 10.6 Å². The van der Waals surface area contributed by atoms with E-state index in [0.29, 0.717) is 29.7 Å². The highest BCUT2D eigenvalue weighted by Crippen LogP contribution is 2.17. The molecule has 0 saturated heterocycles. The van der Waals surface area contributed by atoms with Gasteiger partial charge in [0.1, 0.15) is 11.0 Å². The first-order chi connectivity index (χ1) is 10.5. The Balaban J connectivity index is 2.08. The van der Waals surface area contributed by atoms with Gasteiger partial charge in [0.15, 0.2) is 0 Å². The number of aromatic nitrogens is 2. The maximum Gasteiger partial charge on any atom is 0.253 e. The van der Waals surface area contributed by atoms with Gasteiger partial charge in [0.05, 0.1) is 18.3 Å². The molecular weight excluding hydrogens is 300 g/mol. The topological polar surface area (TPSA) is 59.0 Å². The molecule has 0 saturated carbocycles. The minimum absolute atomic E-state index is 0.0744. The number of para-hydroxylation sites is 1. The Labute approximate surface area is 135 Å². The number of hydrogen-bond donors (Lipinski definition) is 2. The molecule has 1 heterocycles. The van der Waals surface area contributed by atoms with Crippen molar-refractivity contribution in [2.24, 2.45) is 13.0 Å². The quantitative estimate of drug-likeness (QED) is 0.860. The first-order valence-electron chi connectivity index (χ1n) is 7.26. The molecule has 6 heteroatoms. The van der Waals surface area contributed by atoms with E-state index in [2.05, 4.69) is 29.5 Å². The molecule has 0 aliphatic rings. The molecule has 1 aromatic carbocycles. The van der Waals surface area contributed by atoms with Crippen molar-refractivity contribution in [3.8, 4) is 0 Å². The molecule has 0 aliphatic heterocycles. The van der Waals surface area contributed by atoms with Gasteiger partial charge >= 0.3 is 0 Å². The van der Waals surface area contributed by atoms with Gasteiger partial charge in [-0.1, -0.05) is 37.6 Å². The average molecular weight is 321 g/mol. The van der Waals surface area contributed by atoms with Gasteiger partial charge in [0.2, 0.25) is 0 Å². The van der Waals surface area contributed by atoms with Crippen LogP contribution in [0.1, 0.15) is 30.0 Å². The highest BCUT2D eigenvalue weighted by molar-refractivity contribution is 6.29. The maximum absolute atomic E-state index is 12.3. The van der Waals surface area contributed by atoms with Crippen LogP contribution in [0.15, 0.2) is 30.5 Å². The molecule has 5 nitrogen and oxygen atoms in total. The normalized spacial score (nSPS) is 10.8. The van der Waals surface area contributed by atoms with E-state index in [4.69, 9.17) is 11.6 Å². The molecule has 1 aromatic heterocycles. The molecular formula is C16H21ClN4O. The second-order valence-corrected chi connectivity index (χ2v) is 5.95. The van der Waals surface area contributed by atoms with Crippen molar-refractivity contribution in [3.05, 3.63) is 47.0 Å². The Hall–Kier alpha value is -2.01. The number of nitrogens with zero attached hydrogens (tertiary/aromatic N) is 2. The smallest absolute Gasteiger partial charge is 0.253 e. The minimum atomic E-state index is -0.0744. The van der Waals surface area contributed by atoms with Gasteiger partial charge < -0.3 is 15.2 Å². The summed E-state index contributed by atoms with van der Waals surface area (Å²) in [6, 6.07) is 7.44. The molecule has 0 fully saturated rings. The number of amides is 1. The lowest BCUT2D eigenvalue weighted by atomic mass is 10.1. The van der Waals surface area contributed by atoms with E-state index >= 15 is 0 Å². The van der Waals surface area contributed by atoms with Crippen LogP contribution in [0.25, 0.3) is 0 Å². The monoisotopic (exact) mass is 320 g/mol. The Bertz CT molecular complexity index is 651. The summed E-state index contributed by atoms with van der Waals surface area (Å²) in [4.78, 5) is 16.5. The van der Waals surface area contributed by atoms with Crippen molar-refractivity contribution in [2.75, 3.05) is 11.9 Å². The fourth-order valence-corrected chi connectivity index (χ4v) is 2.14. The third kappa shape index (κ3) is 4.01. The number of imidazole rings is 1. The van der Waals surface area contributed by atoms with Crippen molar-refractivity contribution < 1.29 is 4.79 Å². The lowest BCUT2D eigenvalue weighted by Crippen LogP contribution is -2.28. The van der Waals surface area contributed by atoms with Crippen LogP contribution in [0.5, 0.6) is 0 Å². The van der Waals surface area contributed by atoms with Crippen LogP contribution in [-0.2, 0) is 13.6 Å². The van der Waals surface area contributed by atoms with Crippen molar-refractivity contribution in [1.29, 1.82) is 0 Å². The zero-order chi connectivity index (χ0) is 16.1. The van der Waals surface area contributed by atoms with Gasteiger partial charge in [-0.3, -0.25) is 4.79 Å². The van der Waals surface area contributed by atoms with E-state index in [9.17, 15) is 4.79 Å². The fraction of sp³-hybridized carbons (Fsp3) is 0.375. The van der Waals surface area contributed by atoms with Gasteiger partial charge in [-0.2, -0.15) is 0 Å². The zero-order valence-corrected chi connectivity index (χ0v) is 13.8. The molecule has 0 bridgehead atoms. The van der Waals surface area contributed by atoms with E-state index in [0.717, 1.165) is 11.5 Å². The van der Waals surface area contributed by atoms with Gasteiger partial charge in [-0.25, -0.2) is 4.98 Å². The van der Waals surface area contributed by atoms with Crippen molar-refractivity contribution >= 4 is 23.2 Å². The second kappa shape index (κ2) is 7.31. The van der Waals surface area contributed by atoms with Gasteiger partial charge in [0, 0.05) is 19.3 Å². The third-order valence-corrected chi connectivity index (χ3v) is 3.66. The van der Waals surface area contributed by atoms with Crippen LogP contribution >= 0.6 is 11.6 Å². The number of carbonyl (C=O) groups excluding carboxylic acids is 1. The summed E-state index contributed by atoms with van der Waals surface area (Å²) >= 11 is 5.97. The summed E-state index contributed by atoms with van der Waals surface area (Å²) in [5.74, 6) is 1.15. The molecule has 0 aliphatic carbocycles. The third-order valence-electron chi connectivity index (χ3n) is 3.31. The summed E-state index contributed by atoms with van der Waals surface area (Å²) in [5, 5.41) is 6.76. The number of carbonyl (C=O) groups is 1. The van der Waals surface area contributed by atoms with Crippen LogP contribution in [0.4, 0.5) is 5.69 Å². The molecule has 2 N–H and O–H groups in total. The van der Waals surface area contributed by atoms with Crippen LogP contribution in [0.3, 0.4) is 0 Å². The minimum Gasteiger partial charge on any atom is -0.377 e. The van der Waals surface area contributed by atoms with Gasteiger partial charge in [-0.15, -0.1) is 0 Å². The highest BCUT2D eigenvalue weighted by atomic mass is 35.5. The van der Waals surface area contributed by atoms with E-state index < -0.39 is 0 Å². The molecule has 0 atom stereocenters. The molecule has 2 rings (SSSR count). The Kier molecular flexibility index (Phi) is 5.44. The Morgan fingerprint density at radius 2 is 2.09 bits per heavy atom. The molecule has 1 amide bonds. The number of rotatable bonds is 6. The number of nitrogens with one attached hydrogen (secondary N) is 2. The van der Waals surface area contributed by atoms with Gasteiger partial charge in [-0.05, 0) is 18.1 Å². The first-order valence-corrected chi connectivity index (χ1v) is 7.64. The SMILES string of the molecule is CC(C)CNC(=O)c1ccccc1NCc1ncc(Cl)n1C. The Morgan fingerprint density at radius 1 is 1.36 bits per heavy atom. The molecule has 0 spiro atoms. The number of halogens is 1. The zero-order valence-electron chi connectivity index (χ0n) is 13.1. The van der Waals surface area contributed by atoms with Crippen LogP contribution in [-0.4, -0.2) is 22.0 Å². The molecule has 0 unspecified atom stereocenters. The predicted octanol–water partition coefficient (Wildman–Crippen LogP) is 3.07. The second-order valence-electron chi connectivity index (χ2n) is 5.56. The predicted molar refractivity (Wildman–Crippen MR) is 89.2 cm³/mol. The van der Waals surface area contributed by atoms with Crippen LogP contribution in [0.2, 0.25) is 5.15 Å². The summed E-state index contributed by atoms with van der Waals surface area (Å²) in [7, 11) is 1.85. The van der Waals surface area contributed by atoms with E-state index in [1.165, 1.54) is 0 Å². The maximum atomic E-state index is 12.3. The number of hydrogen-bond acceptors (Lipinski definition) is 3. The summed E-state index contributed by atoms with van der Waals surface area (Å²) < 4.78 is 1.80. The molecule has 118 valence electrons. The summed E-state index contributed by atoms with van der Waals surface area (Å²) in [6.07, 6.45) is 1.61. The largest absolute Gasteiger partial charge is 0.377 e. The summed E-state index contributed by atoms with van der Waals surface area (Å²) in [6.45, 7) is 5.28. The molecule has 22 heavy (non-hydrogen) atoms. The van der Waals surface area contributed by atoms with Crippen LogP contribution in [0, 0.1) is 5.92 Å². The lowest BCUT2D eigenvalue weighted by molar-refractivity contribution is 0.0950. The average Bonchev–Trinajstić information content (AvgIpc) is 2.82. The molecule has 2 aromatic rings. The molecule has 0 radical (unpaired) electrons. The van der Waals surface area contributed by atoms with E-state index in [1.807, 2.05) is 31.3 Å². The van der Waals surface area contributed by atoms with Crippen molar-refractivity contribution in [3.63, 3.8) is 0 Å². The van der Waals surface area contributed by atoms with E-state index in [-0.39, 0.29) is 5.91 Å². The fourth-order valence-electron chi connectivity index (χ4n) is 1.99. The number of benzene rings is 1. The first kappa shape index (κ1) is 16.4. The highest BCUT2D eigenvalue weighted by Gasteiger charge is 2.12. The summed E-state index contributed by atoms with van der Waals surface area (Å²) in [5.41, 5.74) is 1.41.